The molecule has 9 nitrogen and oxygen atoms in total. The predicted octanol–water partition coefficient (Wildman–Crippen LogP) is 0.417. The smallest absolute Gasteiger partial charge is 0.322 e. The van der Waals surface area contributed by atoms with Gasteiger partial charge in [-0.25, -0.2) is 4.98 Å². The van der Waals surface area contributed by atoms with Gasteiger partial charge in [0.25, 0.3) is 0 Å². The molecule has 0 aliphatic carbocycles. The lowest BCUT2D eigenvalue weighted by Gasteiger charge is -2.32. The summed E-state index contributed by atoms with van der Waals surface area (Å²) in [5, 5.41) is 15.8. The fourth-order valence-electron chi connectivity index (χ4n) is 3.18. The Kier molecular flexibility index (Phi) is 8.10. The summed E-state index contributed by atoms with van der Waals surface area (Å²) in [5.74, 6) is -2.03. The second kappa shape index (κ2) is 11.0. The maximum Gasteiger partial charge on any atom is 0.322 e. The third kappa shape index (κ3) is 7.42. The van der Waals surface area contributed by atoms with Gasteiger partial charge in [-0.15, -0.1) is 11.3 Å². The number of rotatable bonds is 9. The number of aromatic nitrogens is 1. The van der Waals surface area contributed by atoms with Crippen LogP contribution in [-0.4, -0.2) is 84.0 Å². The van der Waals surface area contributed by atoms with E-state index < -0.39 is 18.4 Å². The average molecular weight is 446 g/mol. The predicted molar refractivity (Wildman–Crippen MR) is 118 cm³/mol. The van der Waals surface area contributed by atoms with Gasteiger partial charge in [-0.2, -0.15) is 0 Å². The number of thiazole rings is 1. The van der Waals surface area contributed by atoms with Crippen molar-refractivity contribution in [2.45, 2.75) is 13.0 Å². The van der Waals surface area contributed by atoms with Crippen molar-refractivity contribution in [1.82, 2.24) is 25.4 Å². The lowest BCUT2D eigenvalue weighted by molar-refractivity contribution is -0.137. The highest BCUT2D eigenvalue weighted by Crippen LogP contribution is 2.24. The maximum absolute atomic E-state index is 12.0. The molecule has 1 aliphatic rings. The first-order valence-corrected chi connectivity index (χ1v) is 11.0. The molecule has 0 atom stereocenters. The Morgan fingerprint density at radius 2 is 1.71 bits per heavy atom. The summed E-state index contributed by atoms with van der Waals surface area (Å²) in [6, 6.07) is 8.36. The van der Waals surface area contributed by atoms with Gasteiger partial charge in [-0.05, 0) is 12.6 Å². The Morgan fingerprint density at radius 3 is 2.39 bits per heavy atom. The molecule has 1 aromatic carbocycles. The van der Waals surface area contributed by atoms with Gasteiger partial charge in [-0.3, -0.25) is 19.3 Å². The standard InChI is InChI=1S/C21H27N5O4S/c1-25-6-8-26(9-7-25)13-15-2-4-16(5-3-15)21-24-17(14-31-21)10-18(27)22-11-19(28)23-12-20(29)30/h2-5,14H,6-13H2,1H3,(H,22,27)(H,23,28)(H,29,30). The molecule has 3 N–H and O–H groups in total. The number of likely N-dealkylation sites (N-methyl/N-ethyl adjacent to an activating group) is 1. The van der Waals surface area contributed by atoms with Gasteiger partial charge in [0.2, 0.25) is 11.8 Å². The number of amides is 2. The molecule has 3 rings (SSSR count). The SMILES string of the molecule is CN1CCN(Cc2ccc(-c3nc(CC(=O)NCC(=O)NCC(=O)O)cs3)cc2)CC1. The molecule has 0 saturated carbocycles. The zero-order valence-corrected chi connectivity index (χ0v) is 18.3. The molecule has 0 unspecified atom stereocenters. The van der Waals surface area contributed by atoms with Gasteiger partial charge in [0.1, 0.15) is 11.6 Å². The van der Waals surface area contributed by atoms with E-state index in [9.17, 15) is 14.4 Å². The van der Waals surface area contributed by atoms with Crippen molar-refractivity contribution in [2.24, 2.45) is 0 Å². The van der Waals surface area contributed by atoms with Gasteiger partial charge in [0.15, 0.2) is 0 Å². The minimum Gasteiger partial charge on any atom is -0.480 e. The Bertz CT molecular complexity index is 907. The molecule has 2 aromatic rings. The molecule has 0 radical (unpaired) electrons. The van der Waals surface area contributed by atoms with Gasteiger partial charge in [0, 0.05) is 43.7 Å². The van der Waals surface area contributed by atoms with Crippen LogP contribution in [0.2, 0.25) is 0 Å². The van der Waals surface area contributed by atoms with E-state index in [2.05, 4.69) is 56.7 Å². The van der Waals surface area contributed by atoms with Crippen molar-refractivity contribution in [3.8, 4) is 10.6 Å². The number of carbonyl (C=O) groups excluding carboxylic acids is 2. The maximum atomic E-state index is 12.0. The zero-order chi connectivity index (χ0) is 22.2. The van der Waals surface area contributed by atoms with Crippen LogP contribution < -0.4 is 10.6 Å². The molecule has 0 spiro atoms. The number of carboxylic acid groups (broad SMARTS) is 1. The Morgan fingerprint density at radius 1 is 1.03 bits per heavy atom. The number of nitrogens with zero attached hydrogens (tertiary/aromatic N) is 3. The number of carboxylic acids is 1. The zero-order valence-electron chi connectivity index (χ0n) is 17.5. The minimum absolute atomic E-state index is 0.0597. The van der Waals surface area contributed by atoms with Crippen molar-refractivity contribution in [3.63, 3.8) is 0 Å². The quantitative estimate of drug-likeness (QED) is 0.512. The first kappa shape index (κ1) is 22.9. The molecule has 2 amide bonds. The van der Waals surface area contributed by atoms with Crippen LogP contribution in [0.3, 0.4) is 0 Å². The molecule has 1 aliphatic heterocycles. The Labute approximate surface area is 185 Å². The van der Waals surface area contributed by atoms with Crippen molar-refractivity contribution in [1.29, 1.82) is 0 Å². The summed E-state index contributed by atoms with van der Waals surface area (Å²) in [5.41, 5.74) is 2.91. The summed E-state index contributed by atoms with van der Waals surface area (Å²) in [6.07, 6.45) is 0.0597. The van der Waals surface area contributed by atoms with Crippen molar-refractivity contribution >= 4 is 29.1 Å². The van der Waals surface area contributed by atoms with Crippen molar-refractivity contribution in [3.05, 3.63) is 40.9 Å². The first-order valence-electron chi connectivity index (χ1n) is 10.1. The lowest BCUT2D eigenvalue weighted by Crippen LogP contribution is -2.43. The van der Waals surface area contributed by atoms with Crippen LogP contribution in [0.4, 0.5) is 0 Å². The van der Waals surface area contributed by atoms with Crippen molar-refractivity contribution in [2.75, 3.05) is 46.3 Å². The number of benzene rings is 1. The fourth-order valence-corrected chi connectivity index (χ4v) is 4.01. The van der Waals surface area contributed by atoms with E-state index >= 15 is 0 Å². The summed E-state index contributed by atoms with van der Waals surface area (Å²) in [7, 11) is 2.15. The topological polar surface area (TPSA) is 115 Å². The highest BCUT2D eigenvalue weighted by molar-refractivity contribution is 7.13. The van der Waals surface area contributed by atoms with Crippen LogP contribution >= 0.6 is 11.3 Å². The summed E-state index contributed by atoms with van der Waals surface area (Å²) < 4.78 is 0. The van der Waals surface area contributed by atoms with Crippen molar-refractivity contribution < 1.29 is 19.5 Å². The number of nitrogens with one attached hydrogen (secondary N) is 2. The van der Waals surface area contributed by atoms with Gasteiger partial charge in [-0.1, -0.05) is 24.3 Å². The third-order valence-electron chi connectivity index (χ3n) is 4.98. The molecular formula is C21H27N5O4S. The van der Waals surface area contributed by atoms with E-state index in [0.717, 1.165) is 43.3 Å². The second-order valence-electron chi connectivity index (χ2n) is 7.54. The number of hydrogen-bond donors (Lipinski definition) is 3. The lowest BCUT2D eigenvalue weighted by atomic mass is 10.1. The summed E-state index contributed by atoms with van der Waals surface area (Å²) in [4.78, 5) is 43.2. The minimum atomic E-state index is -1.14. The second-order valence-corrected chi connectivity index (χ2v) is 8.40. The third-order valence-corrected chi connectivity index (χ3v) is 5.92. The Hall–Kier alpha value is -2.82. The number of piperazine rings is 1. The van der Waals surface area contributed by atoms with Crippen LogP contribution in [-0.2, 0) is 27.3 Å². The molecule has 1 aromatic heterocycles. The first-order chi connectivity index (χ1) is 14.9. The number of aliphatic carboxylic acids is 1. The van der Waals surface area contributed by atoms with Crippen LogP contribution in [0.5, 0.6) is 0 Å². The van der Waals surface area contributed by atoms with E-state index in [1.807, 2.05) is 5.38 Å². The van der Waals surface area contributed by atoms with E-state index in [0.29, 0.717) is 5.69 Å². The average Bonchev–Trinajstić information content (AvgIpc) is 3.21. The fraction of sp³-hybridized carbons (Fsp3) is 0.429. The van der Waals surface area contributed by atoms with Gasteiger partial charge < -0.3 is 20.6 Å². The van der Waals surface area contributed by atoms with E-state index in [4.69, 9.17) is 5.11 Å². The molecule has 0 bridgehead atoms. The molecule has 166 valence electrons. The monoisotopic (exact) mass is 445 g/mol. The Balaban J connectivity index is 1.47. The molecule has 1 fully saturated rings. The van der Waals surface area contributed by atoms with E-state index in [-0.39, 0.29) is 18.9 Å². The highest BCUT2D eigenvalue weighted by atomic mass is 32.1. The van der Waals surface area contributed by atoms with Crippen LogP contribution in [0.1, 0.15) is 11.3 Å². The van der Waals surface area contributed by atoms with Crippen LogP contribution in [0, 0.1) is 0 Å². The molecule has 2 heterocycles. The molecule has 31 heavy (non-hydrogen) atoms. The van der Waals surface area contributed by atoms with E-state index in [1.54, 1.807) is 0 Å². The largest absolute Gasteiger partial charge is 0.480 e. The van der Waals surface area contributed by atoms with Gasteiger partial charge >= 0.3 is 5.97 Å². The number of carbonyl (C=O) groups is 3. The molecular weight excluding hydrogens is 418 g/mol. The van der Waals surface area contributed by atoms with Gasteiger partial charge in [0.05, 0.1) is 18.7 Å². The molecule has 10 heteroatoms. The highest BCUT2D eigenvalue weighted by Gasteiger charge is 2.14. The van der Waals surface area contributed by atoms with Crippen LogP contribution in [0.25, 0.3) is 10.6 Å². The molecule has 1 saturated heterocycles. The normalized spacial score (nSPS) is 14.9. The summed E-state index contributed by atoms with van der Waals surface area (Å²) >= 11 is 1.47. The van der Waals surface area contributed by atoms with Crippen LogP contribution in [0.15, 0.2) is 29.6 Å². The number of hydrogen-bond acceptors (Lipinski definition) is 7. The summed E-state index contributed by atoms with van der Waals surface area (Å²) in [6.45, 7) is 4.56. The van der Waals surface area contributed by atoms with E-state index in [1.165, 1.54) is 16.9 Å².